The van der Waals surface area contributed by atoms with Crippen molar-refractivity contribution in [2.24, 2.45) is 0 Å². The molecule has 0 fully saturated rings. The topological polar surface area (TPSA) is 47.6 Å². The highest BCUT2D eigenvalue weighted by Crippen LogP contribution is 2.19. The van der Waals surface area contributed by atoms with Crippen LogP contribution in [0.1, 0.15) is 26.7 Å². The fourth-order valence-electron chi connectivity index (χ4n) is 1.42. The van der Waals surface area contributed by atoms with Crippen LogP contribution < -0.4 is 14.8 Å². The molecule has 1 aromatic carbocycles. The van der Waals surface area contributed by atoms with Crippen molar-refractivity contribution in [1.29, 1.82) is 0 Å². The average molecular weight is 251 g/mol. The van der Waals surface area contributed by atoms with Gasteiger partial charge in [0.15, 0.2) is 6.61 Å². The van der Waals surface area contributed by atoms with Gasteiger partial charge in [-0.15, -0.1) is 0 Å². The Labute approximate surface area is 108 Å². The van der Waals surface area contributed by atoms with E-state index in [1.165, 1.54) is 0 Å². The van der Waals surface area contributed by atoms with Crippen molar-refractivity contribution in [2.45, 2.75) is 26.7 Å². The Morgan fingerprint density at radius 1 is 1.22 bits per heavy atom. The van der Waals surface area contributed by atoms with Gasteiger partial charge in [-0.25, -0.2) is 0 Å². The Balaban J connectivity index is 2.33. The maximum absolute atomic E-state index is 11.4. The highest BCUT2D eigenvalue weighted by Gasteiger charge is 2.02. The van der Waals surface area contributed by atoms with E-state index in [-0.39, 0.29) is 12.5 Å². The van der Waals surface area contributed by atoms with Crippen LogP contribution in [0.5, 0.6) is 11.5 Å². The van der Waals surface area contributed by atoms with E-state index >= 15 is 0 Å². The zero-order chi connectivity index (χ0) is 13.2. The predicted molar refractivity (Wildman–Crippen MR) is 71.0 cm³/mol. The second kappa shape index (κ2) is 8.39. The van der Waals surface area contributed by atoms with Gasteiger partial charge in [-0.3, -0.25) is 4.79 Å². The summed E-state index contributed by atoms with van der Waals surface area (Å²) in [6.07, 6.45) is 2.06. The van der Waals surface area contributed by atoms with Crippen LogP contribution in [-0.4, -0.2) is 25.7 Å². The van der Waals surface area contributed by atoms with Crippen molar-refractivity contribution in [1.82, 2.24) is 5.32 Å². The van der Waals surface area contributed by atoms with Gasteiger partial charge in [0.1, 0.15) is 11.5 Å². The van der Waals surface area contributed by atoms with E-state index in [9.17, 15) is 4.79 Å². The summed E-state index contributed by atoms with van der Waals surface area (Å²) in [5.74, 6) is 1.30. The van der Waals surface area contributed by atoms with Crippen molar-refractivity contribution >= 4 is 5.91 Å². The first kappa shape index (κ1) is 14.4. The van der Waals surface area contributed by atoms with Gasteiger partial charge in [0, 0.05) is 12.6 Å². The molecule has 100 valence electrons. The van der Waals surface area contributed by atoms with Crippen LogP contribution in [0, 0.1) is 0 Å². The van der Waals surface area contributed by atoms with Crippen molar-refractivity contribution in [3.05, 3.63) is 24.3 Å². The molecule has 4 heteroatoms. The van der Waals surface area contributed by atoms with Crippen molar-refractivity contribution in [3.63, 3.8) is 0 Å². The molecule has 0 spiro atoms. The Bertz CT molecular complexity index is 366. The number of nitrogens with one attached hydrogen (secondary N) is 1. The normalized spacial score (nSPS) is 9.89. The molecule has 1 amide bonds. The number of rotatable bonds is 8. The molecule has 0 aliphatic rings. The van der Waals surface area contributed by atoms with E-state index < -0.39 is 0 Å². The molecule has 0 saturated carbocycles. The zero-order valence-corrected chi connectivity index (χ0v) is 11.1. The Morgan fingerprint density at radius 3 is 2.61 bits per heavy atom. The van der Waals surface area contributed by atoms with Crippen LogP contribution in [0.2, 0.25) is 0 Å². The lowest BCUT2D eigenvalue weighted by atomic mass is 10.3. The number of hydrogen-bond donors (Lipinski definition) is 1. The number of hydrogen-bond acceptors (Lipinski definition) is 3. The smallest absolute Gasteiger partial charge is 0.257 e. The average Bonchev–Trinajstić information content (AvgIpc) is 2.38. The molecule has 4 nitrogen and oxygen atoms in total. The van der Waals surface area contributed by atoms with Gasteiger partial charge in [0.2, 0.25) is 0 Å². The third kappa shape index (κ3) is 5.57. The molecule has 0 aromatic heterocycles. The highest BCUT2D eigenvalue weighted by atomic mass is 16.5. The highest BCUT2D eigenvalue weighted by molar-refractivity contribution is 5.77. The van der Waals surface area contributed by atoms with Gasteiger partial charge < -0.3 is 14.8 Å². The summed E-state index contributed by atoms with van der Waals surface area (Å²) in [4.78, 5) is 11.4. The summed E-state index contributed by atoms with van der Waals surface area (Å²) in [6.45, 7) is 5.37. The Hall–Kier alpha value is -1.71. The fraction of sp³-hybridized carbons (Fsp3) is 0.500. The number of amides is 1. The molecule has 1 aromatic rings. The summed E-state index contributed by atoms with van der Waals surface area (Å²) >= 11 is 0. The third-order valence-electron chi connectivity index (χ3n) is 2.34. The van der Waals surface area contributed by atoms with Crippen LogP contribution in [-0.2, 0) is 4.79 Å². The number of carbonyl (C=O) groups excluding carboxylic acids is 1. The minimum absolute atomic E-state index is 0.0410. The standard InChI is InChI=1S/C14H21NO3/c1-3-5-9-15-14(16)11-18-13-8-6-7-12(10-13)17-4-2/h6-8,10H,3-5,9,11H2,1-2H3,(H,15,16). The molecule has 0 bridgehead atoms. The van der Waals surface area contributed by atoms with E-state index in [1.807, 2.05) is 25.1 Å². The molecule has 1 rings (SSSR count). The molecule has 0 unspecified atom stereocenters. The quantitative estimate of drug-likeness (QED) is 0.722. The van der Waals surface area contributed by atoms with Gasteiger partial charge in [-0.1, -0.05) is 19.4 Å². The lowest BCUT2D eigenvalue weighted by Gasteiger charge is -2.08. The van der Waals surface area contributed by atoms with Gasteiger partial charge >= 0.3 is 0 Å². The summed E-state index contributed by atoms with van der Waals surface area (Å²) in [5, 5.41) is 2.80. The molecular formula is C14H21NO3. The number of benzene rings is 1. The predicted octanol–water partition coefficient (Wildman–Crippen LogP) is 2.38. The molecule has 0 radical (unpaired) electrons. The maximum atomic E-state index is 11.4. The second-order valence-corrected chi connectivity index (χ2v) is 3.90. The van der Waals surface area contributed by atoms with E-state index in [0.717, 1.165) is 18.6 Å². The van der Waals surface area contributed by atoms with Crippen molar-refractivity contribution in [3.8, 4) is 11.5 Å². The van der Waals surface area contributed by atoms with Crippen molar-refractivity contribution < 1.29 is 14.3 Å². The summed E-state index contributed by atoms with van der Waals surface area (Å²) in [7, 11) is 0. The third-order valence-corrected chi connectivity index (χ3v) is 2.34. The van der Waals surface area contributed by atoms with E-state index in [0.29, 0.717) is 18.9 Å². The largest absolute Gasteiger partial charge is 0.494 e. The molecule has 0 heterocycles. The fourth-order valence-corrected chi connectivity index (χ4v) is 1.42. The first-order valence-corrected chi connectivity index (χ1v) is 6.38. The maximum Gasteiger partial charge on any atom is 0.257 e. The summed E-state index contributed by atoms with van der Waals surface area (Å²) in [5.41, 5.74) is 0. The second-order valence-electron chi connectivity index (χ2n) is 3.90. The molecular weight excluding hydrogens is 230 g/mol. The Kier molecular flexibility index (Phi) is 6.69. The molecule has 1 N–H and O–H groups in total. The monoisotopic (exact) mass is 251 g/mol. The first-order valence-electron chi connectivity index (χ1n) is 6.38. The van der Waals surface area contributed by atoms with Crippen LogP contribution in [0.4, 0.5) is 0 Å². The zero-order valence-electron chi connectivity index (χ0n) is 11.1. The molecule has 0 saturated heterocycles. The van der Waals surface area contributed by atoms with E-state index in [2.05, 4.69) is 12.2 Å². The molecule has 0 aliphatic carbocycles. The minimum atomic E-state index is -0.0923. The van der Waals surface area contributed by atoms with Crippen molar-refractivity contribution in [2.75, 3.05) is 19.8 Å². The summed E-state index contributed by atoms with van der Waals surface area (Å²) in [6, 6.07) is 7.29. The number of carbonyl (C=O) groups is 1. The van der Waals surface area contributed by atoms with E-state index in [1.54, 1.807) is 6.07 Å². The van der Waals surface area contributed by atoms with Crippen LogP contribution in [0.25, 0.3) is 0 Å². The van der Waals surface area contributed by atoms with Crippen LogP contribution in [0.15, 0.2) is 24.3 Å². The minimum Gasteiger partial charge on any atom is -0.494 e. The number of unbranched alkanes of at least 4 members (excludes halogenated alkanes) is 1. The lowest BCUT2D eigenvalue weighted by molar-refractivity contribution is -0.123. The van der Waals surface area contributed by atoms with Gasteiger partial charge in [-0.05, 0) is 25.5 Å². The SMILES string of the molecule is CCCCNC(=O)COc1cccc(OCC)c1. The van der Waals surface area contributed by atoms with Gasteiger partial charge in [0.25, 0.3) is 5.91 Å². The lowest BCUT2D eigenvalue weighted by Crippen LogP contribution is -2.29. The van der Waals surface area contributed by atoms with Gasteiger partial charge in [0.05, 0.1) is 6.61 Å². The Morgan fingerprint density at radius 2 is 1.94 bits per heavy atom. The first-order chi connectivity index (χ1) is 8.76. The molecule has 0 aliphatic heterocycles. The summed E-state index contributed by atoms with van der Waals surface area (Å²) < 4.78 is 10.7. The molecule has 0 atom stereocenters. The molecule has 18 heavy (non-hydrogen) atoms. The van der Waals surface area contributed by atoms with Crippen LogP contribution >= 0.6 is 0 Å². The number of ether oxygens (including phenoxy) is 2. The van der Waals surface area contributed by atoms with E-state index in [4.69, 9.17) is 9.47 Å². The van der Waals surface area contributed by atoms with Gasteiger partial charge in [-0.2, -0.15) is 0 Å². The van der Waals surface area contributed by atoms with Crippen LogP contribution in [0.3, 0.4) is 0 Å².